The molecule has 1 atom stereocenters. The fraction of sp³-hybridized carbons (Fsp3) is 0.143. The zero-order chi connectivity index (χ0) is 9.19. The summed E-state index contributed by atoms with van der Waals surface area (Å²) >= 11 is 0. The lowest BCUT2D eigenvalue weighted by Gasteiger charge is -2.35. The molecule has 6 heteroatoms. The van der Waals surface area contributed by atoms with Crippen LogP contribution in [0.15, 0.2) is 30.3 Å². The highest BCUT2D eigenvalue weighted by molar-refractivity contribution is 7.49. The van der Waals surface area contributed by atoms with E-state index in [0.717, 1.165) is 0 Å². The van der Waals surface area contributed by atoms with Gasteiger partial charge >= 0.3 is 0 Å². The molecule has 0 heterocycles. The summed E-state index contributed by atoms with van der Waals surface area (Å²) in [6.45, 7) is 0. The van der Waals surface area contributed by atoms with Crippen LogP contribution in [0.5, 0.6) is 0 Å². The lowest BCUT2D eigenvalue weighted by molar-refractivity contribution is -0.316. The van der Waals surface area contributed by atoms with Gasteiger partial charge in [-0.05, 0) is 13.2 Å². The summed E-state index contributed by atoms with van der Waals surface area (Å²) in [5.41, 5.74) is 5.51. The van der Waals surface area contributed by atoms with Crippen molar-refractivity contribution in [3.8, 4) is 0 Å². The lowest BCUT2D eigenvalue weighted by atomic mass is 10.2. The van der Waals surface area contributed by atoms with Crippen LogP contribution in [0.25, 0.3) is 0 Å². The molecule has 0 aliphatic heterocycles. The Hall–Kier alpha value is -0.380. The molecule has 74 valence electrons. The van der Waals surface area contributed by atoms with E-state index in [2.05, 4.69) is 0 Å². The van der Waals surface area contributed by atoms with Crippen LogP contribution in [0.4, 0.5) is 0 Å². The van der Waals surface area contributed by atoms with Crippen LogP contribution in [-0.4, -0.2) is 0 Å². The van der Waals surface area contributed by atoms with Crippen LogP contribution < -0.4 is 15.5 Å². The number of hydrogen-bond acceptors (Lipinski definition) is 4. The summed E-state index contributed by atoms with van der Waals surface area (Å²) < 4.78 is 10.5. The first-order valence-corrected chi connectivity index (χ1v) is 4.95. The SMILES string of the molecule is Cl.NC(c1ccccc1)P(=O)([O-])[O-]. The molecule has 0 radical (unpaired) electrons. The summed E-state index contributed by atoms with van der Waals surface area (Å²) in [6.07, 6.45) is 0. The van der Waals surface area contributed by atoms with Gasteiger partial charge in [-0.1, -0.05) is 30.3 Å². The monoisotopic (exact) mass is 221 g/mol. The van der Waals surface area contributed by atoms with Gasteiger partial charge in [0, 0.05) is 0 Å². The van der Waals surface area contributed by atoms with Crippen molar-refractivity contribution >= 4 is 20.0 Å². The van der Waals surface area contributed by atoms with E-state index in [1.54, 1.807) is 18.2 Å². The molecule has 0 fully saturated rings. The molecule has 0 aliphatic rings. The molecule has 0 saturated heterocycles. The minimum atomic E-state index is -4.70. The highest BCUT2D eigenvalue weighted by atomic mass is 35.5. The third-order valence-corrected chi connectivity index (χ3v) is 2.46. The summed E-state index contributed by atoms with van der Waals surface area (Å²) in [4.78, 5) is 21.0. The Morgan fingerprint density at radius 2 is 1.69 bits per heavy atom. The predicted molar refractivity (Wildman–Crippen MR) is 48.2 cm³/mol. The van der Waals surface area contributed by atoms with Crippen molar-refractivity contribution in [2.75, 3.05) is 0 Å². The molecule has 0 bridgehead atoms. The van der Waals surface area contributed by atoms with Crippen molar-refractivity contribution in [3.05, 3.63) is 35.9 Å². The number of rotatable bonds is 2. The molecule has 0 aliphatic carbocycles. The first-order valence-electron chi connectivity index (χ1n) is 3.34. The van der Waals surface area contributed by atoms with Gasteiger partial charge in [0.25, 0.3) is 0 Å². The standard InChI is InChI=1S/C7H10NO3P.ClH/c8-7(12(9,10)11)6-4-2-1-3-5-6;/h1-5,7H,8H2,(H2,9,10,11);1H/p-2. The first kappa shape index (κ1) is 12.6. The van der Waals surface area contributed by atoms with Crippen molar-refractivity contribution < 1.29 is 14.4 Å². The molecule has 13 heavy (non-hydrogen) atoms. The van der Waals surface area contributed by atoms with Crippen LogP contribution in [0, 0.1) is 0 Å². The fourth-order valence-corrected chi connectivity index (χ4v) is 1.37. The molecule has 1 unspecified atom stereocenters. The van der Waals surface area contributed by atoms with Crippen molar-refractivity contribution in [2.45, 2.75) is 5.78 Å². The van der Waals surface area contributed by atoms with E-state index in [9.17, 15) is 14.4 Å². The third-order valence-electron chi connectivity index (χ3n) is 1.48. The van der Waals surface area contributed by atoms with Crippen LogP contribution in [-0.2, 0) is 4.57 Å². The van der Waals surface area contributed by atoms with E-state index < -0.39 is 13.4 Å². The van der Waals surface area contributed by atoms with Crippen molar-refractivity contribution in [3.63, 3.8) is 0 Å². The maximum Gasteiger partial charge on any atom is 0.0575 e. The van der Waals surface area contributed by atoms with Gasteiger partial charge in [0.15, 0.2) is 0 Å². The Morgan fingerprint density at radius 1 is 1.23 bits per heavy atom. The second-order valence-electron chi connectivity index (χ2n) is 2.40. The van der Waals surface area contributed by atoms with Crippen LogP contribution in [0.1, 0.15) is 11.3 Å². The van der Waals surface area contributed by atoms with Crippen molar-refractivity contribution in [2.24, 2.45) is 5.73 Å². The van der Waals surface area contributed by atoms with Gasteiger partial charge < -0.3 is 20.1 Å². The van der Waals surface area contributed by atoms with Gasteiger partial charge in [-0.3, -0.25) is 0 Å². The minimum Gasteiger partial charge on any atom is -0.809 e. The molecule has 1 aromatic rings. The van der Waals surface area contributed by atoms with Gasteiger partial charge in [0.2, 0.25) is 0 Å². The predicted octanol–water partition coefficient (Wildman–Crippen LogP) is -0.0206. The average Bonchev–Trinajstić information content (AvgIpc) is 2.03. The largest absolute Gasteiger partial charge is 0.809 e. The average molecular weight is 222 g/mol. The maximum atomic E-state index is 10.5. The zero-order valence-corrected chi connectivity index (χ0v) is 8.33. The summed E-state index contributed by atoms with van der Waals surface area (Å²) in [5, 5.41) is 0. The molecule has 0 aromatic heterocycles. The van der Waals surface area contributed by atoms with Crippen LogP contribution in [0.3, 0.4) is 0 Å². The second kappa shape index (κ2) is 4.74. The minimum absolute atomic E-state index is 0. The third kappa shape index (κ3) is 3.46. The number of hydrogen-bond donors (Lipinski definition) is 1. The van der Waals surface area contributed by atoms with E-state index in [4.69, 9.17) is 5.73 Å². The van der Waals surface area contributed by atoms with Crippen molar-refractivity contribution in [1.82, 2.24) is 0 Å². The number of benzene rings is 1. The van der Waals surface area contributed by atoms with Gasteiger partial charge in [0.1, 0.15) is 0 Å². The highest BCUT2D eigenvalue weighted by Gasteiger charge is 2.07. The number of nitrogens with two attached hydrogens (primary N) is 1. The molecule has 0 saturated carbocycles. The van der Waals surface area contributed by atoms with E-state index in [-0.39, 0.29) is 12.4 Å². The van der Waals surface area contributed by atoms with Gasteiger partial charge in [-0.2, -0.15) is 0 Å². The molecular formula is C7H9ClNO3P-2. The highest BCUT2D eigenvalue weighted by Crippen LogP contribution is 2.39. The van der Waals surface area contributed by atoms with E-state index in [0.29, 0.717) is 5.56 Å². The Morgan fingerprint density at radius 3 is 2.08 bits per heavy atom. The van der Waals surface area contributed by atoms with Gasteiger partial charge in [0.05, 0.1) is 5.78 Å². The normalized spacial score (nSPS) is 13.2. The fourth-order valence-electron chi connectivity index (χ4n) is 0.833. The Bertz CT molecular complexity index is 300. The summed E-state index contributed by atoms with van der Waals surface area (Å²) in [7, 11) is -4.70. The summed E-state index contributed by atoms with van der Waals surface area (Å²) in [5.74, 6) is -1.43. The van der Waals surface area contributed by atoms with Crippen LogP contribution in [0.2, 0.25) is 0 Å². The van der Waals surface area contributed by atoms with E-state index in [1.807, 2.05) is 0 Å². The zero-order valence-electron chi connectivity index (χ0n) is 6.62. The lowest BCUT2D eigenvalue weighted by Crippen LogP contribution is -2.25. The molecule has 2 N–H and O–H groups in total. The maximum absolute atomic E-state index is 10.5. The number of halogens is 1. The first-order chi connectivity index (χ1) is 5.52. The Kier molecular flexibility index (Phi) is 4.61. The smallest absolute Gasteiger partial charge is 0.0575 e. The Balaban J connectivity index is 0.00000144. The molecular weight excluding hydrogens is 213 g/mol. The summed E-state index contributed by atoms with van der Waals surface area (Å²) in [6, 6.07) is 7.99. The molecule has 1 rings (SSSR count). The quantitative estimate of drug-likeness (QED) is 0.711. The molecule has 0 amide bonds. The second-order valence-corrected chi connectivity index (χ2v) is 4.03. The van der Waals surface area contributed by atoms with Crippen molar-refractivity contribution in [1.29, 1.82) is 0 Å². The topological polar surface area (TPSA) is 89.2 Å². The Labute approximate surface area is 82.3 Å². The van der Waals surface area contributed by atoms with E-state index >= 15 is 0 Å². The van der Waals surface area contributed by atoms with Gasteiger partial charge in [-0.25, -0.2) is 0 Å². The van der Waals surface area contributed by atoms with Gasteiger partial charge in [-0.15, -0.1) is 12.4 Å². The van der Waals surface area contributed by atoms with E-state index in [1.165, 1.54) is 12.1 Å². The van der Waals surface area contributed by atoms with Crippen LogP contribution >= 0.6 is 20.0 Å². The molecule has 0 spiro atoms. The molecule has 1 aromatic carbocycles. The molecule has 4 nitrogen and oxygen atoms in total.